The fourth-order valence-corrected chi connectivity index (χ4v) is 2.27. The highest BCUT2D eigenvalue weighted by molar-refractivity contribution is 14.1. The molecule has 3 heteroatoms. The predicted molar refractivity (Wildman–Crippen MR) is 67.0 cm³/mol. The third kappa shape index (κ3) is 24.1. The molecule has 52 valence electrons. The SMILES string of the molecule is CCI.ICCCI. The molecule has 0 aromatic heterocycles. The molecule has 0 unspecified atom stereocenters. The molecule has 0 saturated carbocycles. The van der Waals surface area contributed by atoms with Crippen LogP contribution in [0, 0.1) is 0 Å². The maximum atomic E-state index is 2.38. The van der Waals surface area contributed by atoms with Crippen LogP contribution in [-0.2, 0) is 0 Å². The molecule has 0 fully saturated rings. The van der Waals surface area contributed by atoms with Gasteiger partial charge in [-0.1, -0.05) is 74.7 Å². The number of hydrogen-bond acceptors (Lipinski definition) is 0. The molecule has 0 aliphatic heterocycles. The van der Waals surface area contributed by atoms with Crippen molar-refractivity contribution in [3.63, 3.8) is 0 Å². The van der Waals surface area contributed by atoms with Gasteiger partial charge in [0.25, 0.3) is 0 Å². The first-order valence-corrected chi connectivity index (χ1v) is 7.09. The summed E-state index contributed by atoms with van der Waals surface area (Å²) in [6.45, 7) is 2.11. The highest BCUT2D eigenvalue weighted by Crippen LogP contribution is 1.91. The van der Waals surface area contributed by atoms with Crippen LogP contribution in [0.15, 0.2) is 0 Å². The van der Waals surface area contributed by atoms with Gasteiger partial charge in [-0.05, 0) is 10.8 Å². The largest absolute Gasteiger partial charge is 0.0867 e. The van der Waals surface area contributed by atoms with Crippen molar-refractivity contribution < 1.29 is 0 Å². The summed E-state index contributed by atoms with van der Waals surface area (Å²) in [6.07, 6.45) is 1.36. The van der Waals surface area contributed by atoms with Crippen LogP contribution >= 0.6 is 67.8 Å². The number of halogens is 3. The maximum Gasteiger partial charge on any atom is 0.000257 e. The van der Waals surface area contributed by atoms with Gasteiger partial charge >= 0.3 is 0 Å². The monoisotopic (exact) mass is 452 g/mol. The lowest BCUT2D eigenvalue weighted by Gasteiger charge is -1.76. The topological polar surface area (TPSA) is 0 Å². The summed E-state index contributed by atoms with van der Waals surface area (Å²) in [7, 11) is 0. The van der Waals surface area contributed by atoms with Crippen molar-refractivity contribution in [3.8, 4) is 0 Å². The lowest BCUT2D eigenvalue weighted by molar-refractivity contribution is 1.17. The summed E-state index contributed by atoms with van der Waals surface area (Å²) >= 11 is 7.05. The van der Waals surface area contributed by atoms with Gasteiger partial charge in [0.1, 0.15) is 0 Å². The van der Waals surface area contributed by atoms with E-state index >= 15 is 0 Å². The van der Waals surface area contributed by atoms with E-state index in [1.165, 1.54) is 19.7 Å². The quantitative estimate of drug-likeness (QED) is 0.444. The van der Waals surface area contributed by atoms with Gasteiger partial charge in [-0.15, -0.1) is 0 Å². The molecule has 0 heterocycles. The Balaban J connectivity index is 0. The zero-order valence-corrected chi connectivity index (χ0v) is 11.4. The van der Waals surface area contributed by atoms with E-state index in [2.05, 4.69) is 74.7 Å². The Kier molecular flexibility index (Phi) is 25.8. The minimum absolute atomic E-state index is 1.22. The van der Waals surface area contributed by atoms with Gasteiger partial charge in [0.15, 0.2) is 0 Å². The molecule has 0 aliphatic rings. The fourth-order valence-electron chi connectivity index (χ4n) is 0.0505. The van der Waals surface area contributed by atoms with Gasteiger partial charge in [-0.2, -0.15) is 0 Å². The van der Waals surface area contributed by atoms with Gasteiger partial charge in [-0.3, -0.25) is 0 Å². The average Bonchev–Trinajstić information content (AvgIpc) is 1.71. The normalized spacial score (nSPS) is 7.50. The van der Waals surface area contributed by atoms with Crippen LogP contribution < -0.4 is 0 Å². The first-order valence-electron chi connectivity index (χ1n) is 2.51. The highest BCUT2D eigenvalue weighted by Gasteiger charge is 1.71. The molecule has 0 atom stereocenters. The van der Waals surface area contributed by atoms with Crippen molar-refractivity contribution in [2.75, 3.05) is 13.3 Å². The lowest BCUT2D eigenvalue weighted by atomic mass is 10.6. The lowest BCUT2D eigenvalue weighted by Crippen LogP contribution is -1.68. The maximum absolute atomic E-state index is 2.38. The summed E-state index contributed by atoms with van der Waals surface area (Å²) in [6, 6.07) is 0. The molecular formula is C5H11I3. The standard InChI is InChI=1S/C3H6I2.C2H5I/c4-2-1-3-5;1-2-3/h1-3H2;2H2,1H3. The Labute approximate surface area is 93.0 Å². The van der Waals surface area contributed by atoms with Crippen molar-refractivity contribution in [3.05, 3.63) is 0 Å². The molecule has 0 rings (SSSR count). The smallest absolute Gasteiger partial charge is 0.000257 e. The molecule has 0 aromatic carbocycles. The Morgan fingerprint density at radius 3 is 1.25 bits per heavy atom. The van der Waals surface area contributed by atoms with Gasteiger partial charge in [0.05, 0.1) is 0 Å². The van der Waals surface area contributed by atoms with E-state index in [-0.39, 0.29) is 0 Å². The van der Waals surface area contributed by atoms with E-state index in [0.717, 1.165) is 0 Å². The molecule has 0 aliphatic carbocycles. The van der Waals surface area contributed by atoms with E-state index in [0.29, 0.717) is 0 Å². The van der Waals surface area contributed by atoms with Gasteiger partial charge in [0.2, 0.25) is 0 Å². The van der Waals surface area contributed by atoms with E-state index in [1.54, 1.807) is 0 Å². The van der Waals surface area contributed by atoms with E-state index in [9.17, 15) is 0 Å². The zero-order chi connectivity index (χ0) is 6.83. The number of alkyl halides is 3. The molecular weight excluding hydrogens is 441 g/mol. The second kappa shape index (κ2) is 16.1. The summed E-state index contributed by atoms with van der Waals surface area (Å²) in [5.41, 5.74) is 0. The Morgan fingerprint density at radius 2 is 1.25 bits per heavy atom. The molecule has 0 aromatic rings. The molecule has 0 bridgehead atoms. The Morgan fingerprint density at radius 1 is 1.00 bits per heavy atom. The molecule has 0 saturated heterocycles. The van der Waals surface area contributed by atoms with Crippen LogP contribution in [-0.4, -0.2) is 13.3 Å². The fraction of sp³-hybridized carbons (Fsp3) is 1.00. The van der Waals surface area contributed by atoms with Crippen LogP contribution in [0.4, 0.5) is 0 Å². The summed E-state index contributed by atoms with van der Waals surface area (Å²) in [4.78, 5) is 0. The first-order chi connectivity index (χ1) is 3.83. The van der Waals surface area contributed by atoms with Gasteiger partial charge < -0.3 is 0 Å². The first kappa shape index (κ1) is 12.8. The van der Waals surface area contributed by atoms with Crippen LogP contribution in [0.5, 0.6) is 0 Å². The molecule has 0 nitrogen and oxygen atoms in total. The average molecular weight is 452 g/mol. The molecule has 0 N–H and O–H groups in total. The van der Waals surface area contributed by atoms with Gasteiger partial charge in [0, 0.05) is 8.86 Å². The molecule has 0 spiro atoms. The predicted octanol–water partition coefficient (Wildman–Crippen LogP) is 3.69. The Bertz CT molecular complexity index is 21.6. The summed E-state index contributed by atoms with van der Waals surface area (Å²) < 4.78 is 3.83. The second-order valence-electron chi connectivity index (χ2n) is 0.999. The van der Waals surface area contributed by atoms with Crippen molar-refractivity contribution in [2.45, 2.75) is 13.3 Å². The summed E-state index contributed by atoms with van der Waals surface area (Å²) in [5.74, 6) is 0. The van der Waals surface area contributed by atoms with Crippen molar-refractivity contribution in [1.29, 1.82) is 0 Å². The second-order valence-corrected chi connectivity index (χ2v) is 4.68. The summed E-state index contributed by atoms with van der Waals surface area (Å²) in [5, 5.41) is 0. The van der Waals surface area contributed by atoms with Crippen LogP contribution in [0.2, 0.25) is 0 Å². The minimum Gasteiger partial charge on any atom is -0.0867 e. The van der Waals surface area contributed by atoms with Crippen LogP contribution in [0.3, 0.4) is 0 Å². The van der Waals surface area contributed by atoms with Crippen molar-refractivity contribution in [2.24, 2.45) is 0 Å². The van der Waals surface area contributed by atoms with Crippen LogP contribution in [0.1, 0.15) is 13.3 Å². The van der Waals surface area contributed by atoms with E-state index in [4.69, 9.17) is 0 Å². The molecule has 8 heavy (non-hydrogen) atoms. The molecule has 0 radical (unpaired) electrons. The van der Waals surface area contributed by atoms with Crippen molar-refractivity contribution in [1.82, 2.24) is 0 Å². The van der Waals surface area contributed by atoms with E-state index < -0.39 is 0 Å². The van der Waals surface area contributed by atoms with E-state index in [1.807, 2.05) is 0 Å². The number of rotatable bonds is 2. The Hall–Kier alpha value is 2.19. The third-order valence-corrected chi connectivity index (χ3v) is 1.79. The van der Waals surface area contributed by atoms with Crippen molar-refractivity contribution >= 4 is 67.8 Å². The minimum atomic E-state index is 1.22. The zero-order valence-electron chi connectivity index (χ0n) is 4.96. The van der Waals surface area contributed by atoms with Crippen LogP contribution in [0.25, 0.3) is 0 Å². The number of hydrogen-bond donors (Lipinski definition) is 0. The third-order valence-electron chi connectivity index (χ3n) is 0.267. The highest BCUT2D eigenvalue weighted by atomic mass is 127. The van der Waals surface area contributed by atoms with Gasteiger partial charge in [-0.25, -0.2) is 0 Å². The molecule has 0 amide bonds.